The molecular formula is C15H22N4S. The number of rotatable bonds is 6. The molecule has 0 aliphatic heterocycles. The van der Waals surface area contributed by atoms with Gasteiger partial charge in [-0.1, -0.05) is 54.4 Å². The number of hydrogen-bond donors (Lipinski definition) is 1. The molecule has 0 aliphatic rings. The minimum absolute atomic E-state index is 0.787. The number of nitrogens with zero attached hydrogens (tertiary/aromatic N) is 3. The molecule has 0 atom stereocenters. The zero-order valence-electron chi connectivity index (χ0n) is 12.4. The molecule has 1 heterocycles. The Balaban J connectivity index is 2.01. The predicted octanol–water partition coefficient (Wildman–Crippen LogP) is 3.24. The molecule has 0 bridgehead atoms. The van der Waals surface area contributed by atoms with Gasteiger partial charge in [0.05, 0.1) is 0 Å². The molecule has 0 unspecified atom stereocenters. The molecule has 0 radical (unpaired) electrons. The lowest BCUT2D eigenvalue weighted by molar-refractivity contribution is 0.712. The Morgan fingerprint density at radius 3 is 2.50 bits per heavy atom. The fourth-order valence-corrected chi connectivity index (χ4v) is 3.02. The van der Waals surface area contributed by atoms with E-state index in [1.807, 2.05) is 0 Å². The summed E-state index contributed by atoms with van der Waals surface area (Å²) in [5.41, 5.74) is 3.88. The molecule has 20 heavy (non-hydrogen) atoms. The molecule has 0 amide bonds. The number of benzene rings is 1. The number of nitrogen functional groups attached to an aromatic ring is 1. The van der Waals surface area contributed by atoms with Crippen LogP contribution in [-0.4, -0.2) is 14.9 Å². The molecule has 2 aromatic rings. The molecule has 4 nitrogen and oxygen atoms in total. The first kappa shape index (κ1) is 14.9. The van der Waals surface area contributed by atoms with E-state index >= 15 is 0 Å². The first-order chi connectivity index (χ1) is 9.60. The van der Waals surface area contributed by atoms with Gasteiger partial charge in [0.1, 0.15) is 0 Å². The predicted molar refractivity (Wildman–Crippen MR) is 84.3 cm³/mol. The summed E-state index contributed by atoms with van der Waals surface area (Å²) in [7, 11) is 0. The topological polar surface area (TPSA) is 56.7 Å². The van der Waals surface area contributed by atoms with Crippen molar-refractivity contribution in [1.29, 1.82) is 0 Å². The van der Waals surface area contributed by atoms with Gasteiger partial charge in [0, 0.05) is 12.2 Å². The standard InChI is InChI=1S/C15H22N4S/c1-4-5-6-14-17-18-15(19(14)16)20-10-13-8-11(2)7-12(3)9-13/h7-9H,4-6,10,16H2,1-3H3. The lowest BCUT2D eigenvalue weighted by atomic mass is 10.1. The largest absolute Gasteiger partial charge is 0.336 e. The third-order valence-corrected chi connectivity index (χ3v) is 4.15. The Kier molecular flexibility index (Phi) is 5.06. The van der Waals surface area contributed by atoms with Crippen molar-refractivity contribution in [3.63, 3.8) is 0 Å². The van der Waals surface area contributed by atoms with E-state index in [1.165, 1.54) is 16.7 Å². The Labute approximate surface area is 124 Å². The van der Waals surface area contributed by atoms with E-state index in [9.17, 15) is 0 Å². The number of aromatic nitrogens is 3. The van der Waals surface area contributed by atoms with Gasteiger partial charge in [0.2, 0.25) is 5.16 Å². The Morgan fingerprint density at radius 2 is 1.85 bits per heavy atom. The van der Waals surface area contributed by atoms with Crippen LogP contribution in [0.4, 0.5) is 0 Å². The Bertz CT molecular complexity index is 557. The van der Waals surface area contributed by atoms with Gasteiger partial charge >= 0.3 is 0 Å². The third kappa shape index (κ3) is 3.76. The van der Waals surface area contributed by atoms with Crippen LogP contribution >= 0.6 is 11.8 Å². The molecule has 2 rings (SSSR count). The van der Waals surface area contributed by atoms with Crippen LogP contribution in [0.15, 0.2) is 23.4 Å². The summed E-state index contributed by atoms with van der Waals surface area (Å²) in [6, 6.07) is 6.59. The molecule has 0 spiro atoms. The molecule has 0 aliphatic carbocycles. The van der Waals surface area contributed by atoms with Crippen LogP contribution in [0.1, 0.15) is 42.3 Å². The minimum Gasteiger partial charge on any atom is -0.336 e. The second-order valence-electron chi connectivity index (χ2n) is 5.16. The van der Waals surface area contributed by atoms with Crippen molar-refractivity contribution in [2.45, 2.75) is 50.9 Å². The van der Waals surface area contributed by atoms with E-state index in [2.05, 4.69) is 49.2 Å². The van der Waals surface area contributed by atoms with Gasteiger partial charge in [-0.15, -0.1) is 10.2 Å². The van der Waals surface area contributed by atoms with Gasteiger partial charge in [0.25, 0.3) is 0 Å². The first-order valence-corrected chi connectivity index (χ1v) is 7.98. The molecule has 2 N–H and O–H groups in total. The van der Waals surface area contributed by atoms with E-state index in [0.717, 1.165) is 36.0 Å². The average Bonchev–Trinajstić information content (AvgIpc) is 2.74. The van der Waals surface area contributed by atoms with E-state index in [-0.39, 0.29) is 0 Å². The van der Waals surface area contributed by atoms with Crippen molar-refractivity contribution < 1.29 is 0 Å². The number of nitrogens with two attached hydrogens (primary N) is 1. The molecule has 0 fully saturated rings. The normalized spacial score (nSPS) is 10.9. The lowest BCUT2D eigenvalue weighted by Crippen LogP contribution is -2.14. The molecule has 1 aromatic carbocycles. The lowest BCUT2D eigenvalue weighted by Gasteiger charge is -2.05. The average molecular weight is 290 g/mol. The quantitative estimate of drug-likeness (QED) is 0.655. The van der Waals surface area contributed by atoms with Crippen molar-refractivity contribution in [2.75, 3.05) is 5.84 Å². The number of hydrogen-bond acceptors (Lipinski definition) is 4. The van der Waals surface area contributed by atoms with Gasteiger partial charge < -0.3 is 5.84 Å². The maximum atomic E-state index is 6.04. The summed E-state index contributed by atoms with van der Waals surface area (Å²) in [6.45, 7) is 6.40. The van der Waals surface area contributed by atoms with Gasteiger partial charge in [-0.25, -0.2) is 4.68 Å². The summed E-state index contributed by atoms with van der Waals surface area (Å²) in [5.74, 6) is 7.78. The Morgan fingerprint density at radius 1 is 1.15 bits per heavy atom. The fraction of sp³-hybridized carbons (Fsp3) is 0.467. The van der Waals surface area contributed by atoms with E-state index in [4.69, 9.17) is 5.84 Å². The summed E-state index contributed by atoms with van der Waals surface area (Å²) in [6.07, 6.45) is 3.12. The van der Waals surface area contributed by atoms with Crippen LogP contribution in [0.3, 0.4) is 0 Å². The summed E-state index contributed by atoms with van der Waals surface area (Å²) in [4.78, 5) is 0. The maximum Gasteiger partial charge on any atom is 0.210 e. The van der Waals surface area contributed by atoms with Crippen molar-refractivity contribution in [3.8, 4) is 0 Å². The number of thioether (sulfide) groups is 1. The van der Waals surface area contributed by atoms with Gasteiger partial charge in [-0.05, 0) is 25.8 Å². The van der Waals surface area contributed by atoms with Crippen LogP contribution in [0, 0.1) is 13.8 Å². The van der Waals surface area contributed by atoms with Gasteiger partial charge in [0.15, 0.2) is 5.82 Å². The van der Waals surface area contributed by atoms with Crippen molar-refractivity contribution in [1.82, 2.24) is 14.9 Å². The van der Waals surface area contributed by atoms with E-state index in [0.29, 0.717) is 0 Å². The van der Waals surface area contributed by atoms with Crippen LogP contribution in [0.2, 0.25) is 0 Å². The molecule has 108 valence electrons. The molecule has 0 saturated carbocycles. The van der Waals surface area contributed by atoms with Crippen LogP contribution in [-0.2, 0) is 12.2 Å². The molecule has 5 heteroatoms. The zero-order valence-corrected chi connectivity index (χ0v) is 13.2. The summed E-state index contributed by atoms with van der Waals surface area (Å²) < 4.78 is 1.63. The highest BCUT2D eigenvalue weighted by molar-refractivity contribution is 7.98. The smallest absolute Gasteiger partial charge is 0.210 e. The maximum absolute atomic E-state index is 6.04. The molecule has 0 saturated heterocycles. The number of unbranched alkanes of at least 4 members (excludes halogenated alkanes) is 1. The van der Waals surface area contributed by atoms with Gasteiger partial charge in [-0.3, -0.25) is 0 Å². The van der Waals surface area contributed by atoms with Gasteiger partial charge in [-0.2, -0.15) is 0 Å². The first-order valence-electron chi connectivity index (χ1n) is 6.99. The van der Waals surface area contributed by atoms with Crippen molar-refractivity contribution >= 4 is 11.8 Å². The summed E-state index contributed by atoms with van der Waals surface area (Å²) >= 11 is 1.64. The van der Waals surface area contributed by atoms with E-state index < -0.39 is 0 Å². The van der Waals surface area contributed by atoms with Crippen molar-refractivity contribution in [2.24, 2.45) is 0 Å². The number of aryl methyl sites for hydroxylation is 3. The Hall–Kier alpha value is -1.49. The van der Waals surface area contributed by atoms with Crippen LogP contribution in [0.25, 0.3) is 0 Å². The van der Waals surface area contributed by atoms with Crippen LogP contribution < -0.4 is 5.84 Å². The van der Waals surface area contributed by atoms with E-state index in [1.54, 1.807) is 16.4 Å². The highest BCUT2D eigenvalue weighted by Gasteiger charge is 2.10. The summed E-state index contributed by atoms with van der Waals surface area (Å²) in [5, 5.41) is 9.13. The third-order valence-electron chi connectivity index (χ3n) is 3.14. The zero-order chi connectivity index (χ0) is 14.5. The molecular weight excluding hydrogens is 268 g/mol. The highest BCUT2D eigenvalue weighted by atomic mass is 32.2. The highest BCUT2D eigenvalue weighted by Crippen LogP contribution is 2.22. The second kappa shape index (κ2) is 6.79. The SMILES string of the molecule is CCCCc1nnc(SCc2cc(C)cc(C)c2)n1N. The second-order valence-corrected chi connectivity index (χ2v) is 6.10. The van der Waals surface area contributed by atoms with Crippen molar-refractivity contribution in [3.05, 3.63) is 40.7 Å². The van der Waals surface area contributed by atoms with Crippen LogP contribution in [0.5, 0.6) is 0 Å². The monoisotopic (exact) mass is 290 g/mol. The minimum atomic E-state index is 0.787. The fourth-order valence-electron chi connectivity index (χ4n) is 2.21. The molecule has 1 aromatic heterocycles.